The lowest BCUT2D eigenvalue weighted by molar-refractivity contribution is 0.157. The van der Waals surface area contributed by atoms with Crippen molar-refractivity contribution in [3.05, 3.63) is 29.3 Å². The molecule has 0 amide bonds. The van der Waals surface area contributed by atoms with E-state index < -0.39 is 0 Å². The van der Waals surface area contributed by atoms with Gasteiger partial charge in [0.1, 0.15) is 5.75 Å². The number of rotatable bonds is 7. The van der Waals surface area contributed by atoms with Crippen LogP contribution in [0.5, 0.6) is 5.75 Å². The van der Waals surface area contributed by atoms with Crippen LogP contribution in [0.3, 0.4) is 0 Å². The summed E-state index contributed by atoms with van der Waals surface area (Å²) in [4.78, 5) is 0. The van der Waals surface area contributed by atoms with Crippen LogP contribution in [0.1, 0.15) is 24.0 Å². The summed E-state index contributed by atoms with van der Waals surface area (Å²) in [5.41, 5.74) is 2.49. The molecule has 3 nitrogen and oxygen atoms in total. The molecule has 18 heavy (non-hydrogen) atoms. The van der Waals surface area contributed by atoms with Crippen molar-refractivity contribution < 1.29 is 9.47 Å². The number of benzene rings is 1. The molecule has 1 aromatic carbocycles. The van der Waals surface area contributed by atoms with E-state index in [1.807, 2.05) is 6.07 Å². The van der Waals surface area contributed by atoms with E-state index in [1.54, 1.807) is 14.2 Å². The van der Waals surface area contributed by atoms with E-state index in [0.717, 1.165) is 24.8 Å². The van der Waals surface area contributed by atoms with Crippen LogP contribution < -0.4 is 10.1 Å². The molecule has 2 rings (SSSR count). The van der Waals surface area contributed by atoms with Crippen molar-refractivity contribution in [2.75, 3.05) is 20.8 Å². The maximum Gasteiger partial charge on any atom is 0.121 e. The van der Waals surface area contributed by atoms with E-state index in [9.17, 15) is 0 Å². The molecule has 1 aliphatic rings. The first-order valence-corrected chi connectivity index (χ1v) is 6.60. The summed E-state index contributed by atoms with van der Waals surface area (Å²) in [6, 6.07) is 6.84. The Hall–Kier alpha value is -1.06. The van der Waals surface area contributed by atoms with Crippen LogP contribution in [0.2, 0.25) is 0 Å². The molecule has 1 atom stereocenters. The number of ether oxygens (including phenoxy) is 2. The standard InChI is InChI=1S/C15H23NO2/c1-11-8-12(4-7-15(11)18-3)9-16-14(10-17-2)13-5-6-13/h4,7-8,13-14,16H,5-6,9-10H2,1-3H3. The fourth-order valence-corrected chi connectivity index (χ4v) is 2.34. The fraction of sp³-hybridized carbons (Fsp3) is 0.600. The molecular weight excluding hydrogens is 226 g/mol. The van der Waals surface area contributed by atoms with E-state index in [-0.39, 0.29) is 0 Å². The van der Waals surface area contributed by atoms with Crippen molar-refractivity contribution in [3.8, 4) is 5.75 Å². The molecule has 1 N–H and O–H groups in total. The summed E-state index contributed by atoms with van der Waals surface area (Å²) in [7, 11) is 3.48. The summed E-state index contributed by atoms with van der Waals surface area (Å²) >= 11 is 0. The molecule has 0 bridgehead atoms. The molecule has 0 aliphatic heterocycles. The molecule has 0 aromatic heterocycles. The van der Waals surface area contributed by atoms with Crippen LogP contribution in [0.25, 0.3) is 0 Å². The Morgan fingerprint density at radius 3 is 2.67 bits per heavy atom. The van der Waals surface area contributed by atoms with E-state index in [4.69, 9.17) is 9.47 Å². The van der Waals surface area contributed by atoms with Gasteiger partial charge in [-0.25, -0.2) is 0 Å². The van der Waals surface area contributed by atoms with Gasteiger partial charge in [0.25, 0.3) is 0 Å². The van der Waals surface area contributed by atoms with Gasteiger partial charge in [-0.05, 0) is 42.9 Å². The topological polar surface area (TPSA) is 30.5 Å². The van der Waals surface area contributed by atoms with E-state index >= 15 is 0 Å². The summed E-state index contributed by atoms with van der Waals surface area (Å²) in [5, 5.41) is 3.60. The minimum atomic E-state index is 0.498. The molecule has 100 valence electrons. The highest BCUT2D eigenvalue weighted by molar-refractivity contribution is 5.36. The molecule has 1 saturated carbocycles. The lowest BCUT2D eigenvalue weighted by atomic mass is 10.1. The monoisotopic (exact) mass is 249 g/mol. The SMILES string of the molecule is COCC(NCc1ccc(OC)c(C)c1)C1CC1. The molecule has 1 aliphatic carbocycles. The van der Waals surface area contributed by atoms with Crippen molar-refractivity contribution >= 4 is 0 Å². The molecule has 1 aromatic rings. The number of nitrogens with one attached hydrogen (secondary N) is 1. The van der Waals surface area contributed by atoms with Gasteiger partial charge in [-0.15, -0.1) is 0 Å². The second-order valence-electron chi connectivity index (χ2n) is 5.08. The smallest absolute Gasteiger partial charge is 0.121 e. The lowest BCUT2D eigenvalue weighted by Gasteiger charge is -2.17. The third-order valence-corrected chi connectivity index (χ3v) is 3.56. The summed E-state index contributed by atoms with van der Waals surface area (Å²) < 4.78 is 10.5. The Bertz CT molecular complexity index is 388. The van der Waals surface area contributed by atoms with Crippen LogP contribution in [0.4, 0.5) is 0 Å². The Kier molecular flexibility index (Phi) is 4.61. The van der Waals surface area contributed by atoms with Gasteiger partial charge in [0.05, 0.1) is 13.7 Å². The van der Waals surface area contributed by atoms with E-state index in [1.165, 1.54) is 24.0 Å². The fourth-order valence-electron chi connectivity index (χ4n) is 2.34. The largest absolute Gasteiger partial charge is 0.496 e. The van der Waals surface area contributed by atoms with Crippen molar-refractivity contribution in [2.45, 2.75) is 32.4 Å². The Balaban J connectivity index is 1.90. The number of hydrogen-bond donors (Lipinski definition) is 1. The first-order chi connectivity index (χ1) is 8.74. The highest BCUT2D eigenvalue weighted by atomic mass is 16.5. The van der Waals surface area contributed by atoms with Crippen molar-refractivity contribution in [1.29, 1.82) is 0 Å². The van der Waals surface area contributed by atoms with Crippen LogP contribution >= 0.6 is 0 Å². The molecule has 1 unspecified atom stereocenters. The second kappa shape index (κ2) is 6.21. The average molecular weight is 249 g/mol. The zero-order valence-corrected chi connectivity index (χ0v) is 11.5. The predicted octanol–water partition coefficient (Wildman–Crippen LogP) is 2.52. The van der Waals surface area contributed by atoms with Crippen LogP contribution in [-0.2, 0) is 11.3 Å². The molecular formula is C15H23NO2. The van der Waals surface area contributed by atoms with Gasteiger partial charge >= 0.3 is 0 Å². The molecule has 0 radical (unpaired) electrons. The van der Waals surface area contributed by atoms with Gasteiger partial charge in [-0.1, -0.05) is 12.1 Å². The summed E-state index contributed by atoms with van der Waals surface area (Å²) in [6.45, 7) is 3.78. The van der Waals surface area contributed by atoms with E-state index in [2.05, 4.69) is 24.4 Å². The number of aryl methyl sites for hydroxylation is 1. The van der Waals surface area contributed by atoms with Crippen molar-refractivity contribution in [1.82, 2.24) is 5.32 Å². The zero-order valence-electron chi connectivity index (χ0n) is 11.5. The van der Waals surface area contributed by atoms with Crippen molar-refractivity contribution in [3.63, 3.8) is 0 Å². The van der Waals surface area contributed by atoms with Crippen LogP contribution in [0, 0.1) is 12.8 Å². The second-order valence-corrected chi connectivity index (χ2v) is 5.08. The Morgan fingerprint density at radius 1 is 1.33 bits per heavy atom. The molecule has 0 saturated heterocycles. The van der Waals surface area contributed by atoms with Gasteiger partial charge < -0.3 is 14.8 Å². The van der Waals surface area contributed by atoms with Crippen LogP contribution in [-0.4, -0.2) is 26.9 Å². The molecule has 1 fully saturated rings. The Labute approximate surface area is 109 Å². The maximum atomic E-state index is 5.27. The molecule has 3 heteroatoms. The van der Waals surface area contributed by atoms with Gasteiger partial charge in [0, 0.05) is 19.7 Å². The first kappa shape index (κ1) is 13.4. The van der Waals surface area contributed by atoms with Gasteiger partial charge in [0.2, 0.25) is 0 Å². The van der Waals surface area contributed by atoms with Crippen molar-refractivity contribution in [2.24, 2.45) is 5.92 Å². The predicted molar refractivity (Wildman–Crippen MR) is 73.0 cm³/mol. The number of hydrogen-bond acceptors (Lipinski definition) is 3. The van der Waals surface area contributed by atoms with Gasteiger partial charge in [-0.3, -0.25) is 0 Å². The van der Waals surface area contributed by atoms with Crippen LogP contribution in [0.15, 0.2) is 18.2 Å². The van der Waals surface area contributed by atoms with Gasteiger partial charge in [-0.2, -0.15) is 0 Å². The first-order valence-electron chi connectivity index (χ1n) is 6.60. The number of methoxy groups -OCH3 is 2. The third-order valence-electron chi connectivity index (χ3n) is 3.56. The Morgan fingerprint density at radius 2 is 2.11 bits per heavy atom. The van der Waals surface area contributed by atoms with Gasteiger partial charge in [0.15, 0.2) is 0 Å². The zero-order chi connectivity index (χ0) is 13.0. The summed E-state index contributed by atoms with van der Waals surface area (Å²) in [6.07, 6.45) is 2.67. The minimum absolute atomic E-state index is 0.498. The summed E-state index contributed by atoms with van der Waals surface area (Å²) in [5.74, 6) is 1.76. The quantitative estimate of drug-likeness (QED) is 0.805. The van der Waals surface area contributed by atoms with E-state index in [0.29, 0.717) is 6.04 Å². The maximum absolute atomic E-state index is 5.27. The molecule has 0 heterocycles. The normalized spacial score (nSPS) is 16.6. The lowest BCUT2D eigenvalue weighted by Crippen LogP contribution is -2.34. The minimum Gasteiger partial charge on any atom is -0.496 e. The third kappa shape index (κ3) is 3.47. The highest BCUT2D eigenvalue weighted by Gasteiger charge is 2.30. The highest BCUT2D eigenvalue weighted by Crippen LogP contribution is 2.32. The average Bonchev–Trinajstić information content (AvgIpc) is 3.19. The molecule has 0 spiro atoms.